The third-order valence-corrected chi connectivity index (χ3v) is 2.01. The van der Waals surface area contributed by atoms with E-state index in [0.29, 0.717) is 5.69 Å². The first kappa shape index (κ1) is 10.8. The minimum atomic E-state index is -4.37. The van der Waals surface area contributed by atoms with Crippen LogP contribution in [0.3, 0.4) is 0 Å². The number of nitrogens with zero attached hydrogens (tertiary/aromatic N) is 2. The summed E-state index contributed by atoms with van der Waals surface area (Å²) in [5, 5.41) is 3.40. The molecule has 0 unspecified atom stereocenters. The van der Waals surface area contributed by atoms with E-state index in [4.69, 9.17) is 0 Å². The summed E-state index contributed by atoms with van der Waals surface area (Å²) in [6.45, 7) is 3.52. The summed E-state index contributed by atoms with van der Waals surface area (Å²) >= 11 is 0. The summed E-state index contributed by atoms with van der Waals surface area (Å²) in [6.07, 6.45) is -2.62. The Kier molecular flexibility index (Phi) is 2.69. The first-order valence-corrected chi connectivity index (χ1v) is 4.10. The molecule has 0 radical (unpaired) electrons. The molecule has 0 fully saturated rings. The molecule has 1 rings (SSSR count). The van der Waals surface area contributed by atoms with Crippen LogP contribution in [0.4, 0.5) is 13.2 Å². The normalized spacial score (nSPS) is 13.4. The standard InChI is InChI=1S/C9H11F3N2/c1-4-6(2)7-5-8(9(10,11)12)13-14(7)3/h4-5H,1-3H3. The minimum absolute atomic E-state index is 0.486. The molecule has 1 heterocycles. The van der Waals surface area contributed by atoms with E-state index in [9.17, 15) is 13.2 Å². The van der Waals surface area contributed by atoms with E-state index in [0.717, 1.165) is 11.6 Å². The maximum Gasteiger partial charge on any atom is 0.435 e. The summed E-state index contributed by atoms with van der Waals surface area (Å²) in [7, 11) is 1.50. The van der Waals surface area contributed by atoms with E-state index in [1.807, 2.05) is 0 Å². The topological polar surface area (TPSA) is 17.8 Å². The average molecular weight is 204 g/mol. The van der Waals surface area contributed by atoms with E-state index >= 15 is 0 Å². The number of alkyl halides is 3. The van der Waals surface area contributed by atoms with Gasteiger partial charge in [0.1, 0.15) is 0 Å². The van der Waals surface area contributed by atoms with Gasteiger partial charge in [0.2, 0.25) is 0 Å². The van der Waals surface area contributed by atoms with Crippen molar-refractivity contribution in [2.45, 2.75) is 20.0 Å². The van der Waals surface area contributed by atoms with Crippen LogP contribution in [-0.2, 0) is 13.2 Å². The molecule has 0 aliphatic carbocycles. The van der Waals surface area contributed by atoms with E-state index < -0.39 is 11.9 Å². The van der Waals surface area contributed by atoms with Crippen LogP contribution in [0.1, 0.15) is 25.2 Å². The van der Waals surface area contributed by atoms with E-state index in [1.165, 1.54) is 11.7 Å². The SMILES string of the molecule is CC=C(C)c1cc(C(F)(F)F)nn1C. The summed E-state index contributed by atoms with van der Waals surface area (Å²) in [6, 6.07) is 1.05. The summed E-state index contributed by atoms with van der Waals surface area (Å²) in [4.78, 5) is 0. The fraction of sp³-hybridized carbons (Fsp3) is 0.444. The summed E-state index contributed by atoms with van der Waals surface area (Å²) < 4.78 is 38.0. The van der Waals surface area contributed by atoms with Crippen LogP contribution >= 0.6 is 0 Å². The van der Waals surface area contributed by atoms with Crippen LogP contribution in [0, 0.1) is 0 Å². The van der Waals surface area contributed by atoms with Crippen molar-refractivity contribution in [3.8, 4) is 0 Å². The Labute approximate surface area is 80.0 Å². The number of halogens is 3. The number of aryl methyl sites for hydroxylation is 1. The number of aromatic nitrogens is 2. The van der Waals surface area contributed by atoms with Gasteiger partial charge in [-0.25, -0.2) is 0 Å². The zero-order chi connectivity index (χ0) is 10.9. The molecule has 0 aromatic carbocycles. The molecule has 14 heavy (non-hydrogen) atoms. The van der Waals surface area contributed by atoms with Gasteiger partial charge in [0, 0.05) is 7.05 Å². The molecule has 1 aromatic rings. The van der Waals surface area contributed by atoms with Gasteiger partial charge >= 0.3 is 6.18 Å². The molecule has 0 aliphatic rings. The zero-order valence-electron chi connectivity index (χ0n) is 8.18. The molecular weight excluding hydrogens is 193 g/mol. The molecular formula is C9H11F3N2. The van der Waals surface area contributed by atoms with Gasteiger partial charge in [0.25, 0.3) is 0 Å². The lowest BCUT2D eigenvalue weighted by Crippen LogP contribution is -2.06. The second-order valence-electron chi connectivity index (χ2n) is 3.01. The number of allylic oxidation sites excluding steroid dienone is 2. The van der Waals surface area contributed by atoms with Crippen molar-refractivity contribution in [1.82, 2.24) is 9.78 Å². The highest BCUT2D eigenvalue weighted by Gasteiger charge is 2.34. The second kappa shape index (κ2) is 3.48. The maximum atomic E-state index is 12.3. The zero-order valence-corrected chi connectivity index (χ0v) is 8.18. The van der Waals surface area contributed by atoms with Crippen molar-refractivity contribution in [3.63, 3.8) is 0 Å². The summed E-state index contributed by atoms with van der Waals surface area (Å²) in [5.41, 5.74) is 0.409. The molecule has 0 spiro atoms. The van der Waals surface area contributed by atoms with Gasteiger partial charge in [-0.05, 0) is 25.5 Å². The van der Waals surface area contributed by atoms with Crippen LogP contribution in [0.5, 0.6) is 0 Å². The monoisotopic (exact) mass is 204 g/mol. The Morgan fingerprint density at radius 1 is 1.50 bits per heavy atom. The Bertz CT molecular complexity index is 361. The van der Waals surface area contributed by atoms with Crippen LogP contribution < -0.4 is 0 Å². The number of hydrogen-bond donors (Lipinski definition) is 0. The van der Waals surface area contributed by atoms with Crippen molar-refractivity contribution >= 4 is 5.57 Å². The fourth-order valence-corrected chi connectivity index (χ4v) is 1.12. The first-order chi connectivity index (χ1) is 6.36. The van der Waals surface area contributed by atoms with Crippen molar-refractivity contribution in [2.75, 3.05) is 0 Å². The molecule has 0 bridgehead atoms. The van der Waals surface area contributed by atoms with Gasteiger partial charge in [-0.1, -0.05) is 6.08 Å². The molecule has 1 aromatic heterocycles. The van der Waals surface area contributed by atoms with Crippen molar-refractivity contribution in [2.24, 2.45) is 7.05 Å². The number of rotatable bonds is 1. The highest BCUT2D eigenvalue weighted by atomic mass is 19.4. The molecule has 0 amide bonds. The smallest absolute Gasteiger partial charge is 0.268 e. The van der Waals surface area contributed by atoms with Gasteiger partial charge in [-0.2, -0.15) is 18.3 Å². The lowest BCUT2D eigenvalue weighted by atomic mass is 10.2. The minimum Gasteiger partial charge on any atom is -0.268 e. The van der Waals surface area contributed by atoms with Crippen LogP contribution in [0.2, 0.25) is 0 Å². The molecule has 5 heteroatoms. The Hall–Kier alpha value is -1.26. The molecule has 0 N–H and O–H groups in total. The molecule has 0 saturated heterocycles. The largest absolute Gasteiger partial charge is 0.435 e. The molecule has 0 aliphatic heterocycles. The second-order valence-corrected chi connectivity index (χ2v) is 3.01. The molecule has 2 nitrogen and oxygen atoms in total. The van der Waals surface area contributed by atoms with Crippen LogP contribution in [0.25, 0.3) is 5.57 Å². The maximum absolute atomic E-state index is 12.3. The van der Waals surface area contributed by atoms with Crippen LogP contribution in [-0.4, -0.2) is 9.78 Å². The highest BCUT2D eigenvalue weighted by molar-refractivity contribution is 5.60. The molecule has 0 saturated carbocycles. The Morgan fingerprint density at radius 2 is 2.07 bits per heavy atom. The van der Waals surface area contributed by atoms with Crippen molar-refractivity contribution in [1.29, 1.82) is 0 Å². The third kappa shape index (κ3) is 1.97. The fourth-order valence-electron chi connectivity index (χ4n) is 1.12. The lowest BCUT2D eigenvalue weighted by Gasteiger charge is -1.99. The molecule has 0 atom stereocenters. The molecule has 78 valence electrons. The number of hydrogen-bond acceptors (Lipinski definition) is 1. The predicted molar refractivity (Wildman–Crippen MR) is 47.5 cm³/mol. The quantitative estimate of drug-likeness (QED) is 0.687. The Balaban J connectivity index is 3.18. The van der Waals surface area contributed by atoms with Crippen LogP contribution in [0.15, 0.2) is 12.1 Å². The van der Waals surface area contributed by atoms with Gasteiger partial charge in [-0.15, -0.1) is 0 Å². The van der Waals surface area contributed by atoms with Gasteiger partial charge in [-0.3, -0.25) is 4.68 Å². The highest BCUT2D eigenvalue weighted by Crippen LogP contribution is 2.29. The summed E-state index contributed by atoms with van der Waals surface area (Å²) in [5.74, 6) is 0. The van der Waals surface area contributed by atoms with Gasteiger partial charge in [0.15, 0.2) is 5.69 Å². The van der Waals surface area contributed by atoms with Gasteiger partial charge in [0.05, 0.1) is 5.69 Å². The van der Waals surface area contributed by atoms with Gasteiger partial charge < -0.3 is 0 Å². The first-order valence-electron chi connectivity index (χ1n) is 4.10. The van der Waals surface area contributed by atoms with Crippen molar-refractivity contribution < 1.29 is 13.2 Å². The van der Waals surface area contributed by atoms with Crippen molar-refractivity contribution in [3.05, 3.63) is 23.5 Å². The Morgan fingerprint density at radius 3 is 2.43 bits per heavy atom. The average Bonchev–Trinajstić information content (AvgIpc) is 2.45. The van der Waals surface area contributed by atoms with E-state index in [2.05, 4.69) is 5.10 Å². The van der Waals surface area contributed by atoms with E-state index in [1.54, 1.807) is 19.9 Å². The third-order valence-electron chi connectivity index (χ3n) is 2.01. The predicted octanol–water partition coefficient (Wildman–Crippen LogP) is 2.86. The van der Waals surface area contributed by atoms with E-state index in [-0.39, 0.29) is 0 Å². The lowest BCUT2D eigenvalue weighted by molar-refractivity contribution is -0.141.